The molecule has 2 heterocycles. The van der Waals surface area contributed by atoms with E-state index in [4.69, 9.17) is 0 Å². The molecule has 2 aliphatic rings. The van der Waals surface area contributed by atoms with Crippen molar-refractivity contribution in [2.45, 2.75) is 11.7 Å². The van der Waals surface area contributed by atoms with Gasteiger partial charge >= 0.3 is 0 Å². The lowest BCUT2D eigenvalue weighted by atomic mass is 9.99. The Morgan fingerprint density at radius 2 is 2.58 bits per heavy atom. The van der Waals surface area contributed by atoms with Crippen LogP contribution in [0.4, 0.5) is 0 Å². The Balaban J connectivity index is 2.09. The summed E-state index contributed by atoms with van der Waals surface area (Å²) in [5.41, 5.74) is 0. The zero-order valence-electron chi connectivity index (χ0n) is 6.53. The third-order valence-corrected chi connectivity index (χ3v) is 3.69. The van der Waals surface area contributed by atoms with Crippen LogP contribution < -0.4 is 5.32 Å². The lowest BCUT2D eigenvalue weighted by Gasteiger charge is -2.23. The lowest BCUT2D eigenvalue weighted by molar-refractivity contribution is -0.410. The van der Waals surface area contributed by atoms with E-state index in [2.05, 4.69) is 5.32 Å². The van der Waals surface area contributed by atoms with E-state index in [1.807, 2.05) is 0 Å². The number of piperidine rings is 1. The van der Waals surface area contributed by atoms with Crippen molar-refractivity contribution in [1.82, 2.24) is 5.32 Å². The fourth-order valence-electron chi connectivity index (χ4n) is 1.65. The van der Waals surface area contributed by atoms with Gasteiger partial charge in [0.25, 0.3) is 5.03 Å². The lowest BCUT2D eigenvalue weighted by Crippen LogP contribution is -2.35. The Hall–Kier alpha value is -0.550. The molecule has 2 atom stereocenters. The number of fused-ring (bicyclic) bond motifs is 1. The first kappa shape index (κ1) is 8.07. The fourth-order valence-corrected chi connectivity index (χ4v) is 2.89. The molecular formula is C7H10N2O2S. The average molecular weight is 186 g/mol. The second-order valence-electron chi connectivity index (χ2n) is 3.07. The summed E-state index contributed by atoms with van der Waals surface area (Å²) in [6.07, 6.45) is 2.84. The molecule has 0 aromatic carbocycles. The number of hydrogen-bond acceptors (Lipinski definition) is 4. The minimum absolute atomic E-state index is 0.275. The molecule has 5 heteroatoms. The maximum atomic E-state index is 10.4. The van der Waals surface area contributed by atoms with Crippen LogP contribution >= 0.6 is 11.8 Å². The minimum atomic E-state index is -0.275. The van der Waals surface area contributed by atoms with Gasteiger partial charge < -0.3 is 5.32 Å². The molecule has 2 rings (SSSR count). The standard InChI is InChI=1S/C7H10N2O2S/c10-9(11)7-3-5-4-8-2-1-6(5)12-7/h3,5-6,8H,1-2,4H2. The maximum absolute atomic E-state index is 10.4. The normalized spacial score (nSPS) is 34.2. The Morgan fingerprint density at radius 1 is 1.75 bits per heavy atom. The highest BCUT2D eigenvalue weighted by Crippen LogP contribution is 2.39. The van der Waals surface area contributed by atoms with Crippen LogP contribution in [0.25, 0.3) is 0 Å². The predicted molar refractivity (Wildman–Crippen MR) is 47.4 cm³/mol. The molecule has 4 nitrogen and oxygen atoms in total. The van der Waals surface area contributed by atoms with E-state index in [1.54, 1.807) is 6.08 Å². The van der Waals surface area contributed by atoms with Crippen molar-refractivity contribution in [1.29, 1.82) is 0 Å². The quantitative estimate of drug-likeness (QED) is 0.487. The molecule has 1 saturated heterocycles. The Morgan fingerprint density at radius 3 is 3.25 bits per heavy atom. The summed E-state index contributed by atoms with van der Waals surface area (Å²) < 4.78 is 0. The highest BCUT2D eigenvalue weighted by atomic mass is 32.2. The maximum Gasteiger partial charge on any atom is 0.299 e. The number of nitrogens with zero attached hydrogens (tertiary/aromatic N) is 1. The average Bonchev–Trinajstić information content (AvgIpc) is 2.46. The second-order valence-corrected chi connectivity index (χ2v) is 4.33. The molecular weight excluding hydrogens is 176 g/mol. The summed E-state index contributed by atoms with van der Waals surface area (Å²) >= 11 is 1.42. The van der Waals surface area contributed by atoms with Crippen molar-refractivity contribution < 1.29 is 4.92 Å². The van der Waals surface area contributed by atoms with Gasteiger partial charge in [0.2, 0.25) is 0 Å². The molecule has 0 radical (unpaired) electrons. The summed E-state index contributed by atoms with van der Waals surface area (Å²) in [5, 5.41) is 14.5. The van der Waals surface area contributed by atoms with Crippen LogP contribution in [0.2, 0.25) is 0 Å². The van der Waals surface area contributed by atoms with Gasteiger partial charge in [-0.1, -0.05) is 0 Å². The van der Waals surface area contributed by atoms with Gasteiger partial charge in [-0.25, -0.2) is 0 Å². The van der Waals surface area contributed by atoms with Crippen molar-refractivity contribution in [3.05, 3.63) is 21.2 Å². The number of thioether (sulfide) groups is 1. The minimum Gasteiger partial charge on any atom is -0.316 e. The summed E-state index contributed by atoms with van der Waals surface area (Å²) in [7, 11) is 0. The van der Waals surface area contributed by atoms with Crippen molar-refractivity contribution in [3.8, 4) is 0 Å². The van der Waals surface area contributed by atoms with Crippen LogP contribution in [0, 0.1) is 16.0 Å². The predicted octanol–water partition coefficient (Wildman–Crippen LogP) is 0.829. The molecule has 1 fully saturated rings. The summed E-state index contributed by atoms with van der Waals surface area (Å²) in [4.78, 5) is 10.2. The molecule has 12 heavy (non-hydrogen) atoms. The van der Waals surface area contributed by atoms with E-state index >= 15 is 0 Å². The largest absolute Gasteiger partial charge is 0.316 e. The van der Waals surface area contributed by atoms with Gasteiger partial charge in [0, 0.05) is 23.8 Å². The molecule has 0 saturated carbocycles. The first-order valence-electron chi connectivity index (χ1n) is 4.01. The number of rotatable bonds is 1. The van der Waals surface area contributed by atoms with Gasteiger partial charge in [-0.2, -0.15) is 0 Å². The molecule has 2 unspecified atom stereocenters. The molecule has 0 amide bonds. The van der Waals surface area contributed by atoms with Crippen LogP contribution in [0.15, 0.2) is 11.1 Å². The van der Waals surface area contributed by atoms with E-state index < -0.39 is 0 Å². The number of nitrogens with one attached hydrogen (secondary N) is 1. The van der Waals surface area contributed by atoms with Crippen molar-refractivity contribution >= 4 is 11.8 Å². The molecule has 2 aliphatic heterocycles. The van der Waals surface area contributed by atoms with Crippen LogP contribution in [0.1, 0.15) is 6.42 Å². The van der Waals surface area contributed by atoms with E-state index in [0.717, 1.165) is 19.5 Å². The Kier molecular flexibility index (Phi) is 2.06. The van der Waals surface area contributed by atoms with Gasteiger partial charge in [-0.3, -0.25) is 10.1 Å². The van der Waals surface area contributed by atoms with Crippen LogP contribution in [-0.2, 0) is 0 Å². The third kappa shape index (κ3) is 1.34. The van der Waals surface area contributed by atoms with Crippen LogP contribution in [-0.4, -0.2) is 23.3 Å². The highest BCUT2D eigenvalue weighted by molar-refractivity contribution is 8.03. The molecule has 0 spiro atoms. The number of nitro groups is 1. The van der Waals surface area contributed by atoms with Gasteiger partial charge in [0.1, 0.15) is 0 Å². The summed E-state index contributed by atoms with van der Waals surface area (Å²) in [6.45, 7) is 1.89. The SMILES string of the molecule is O=[N+]([O-])C1=CC2CNCCC2S1. The molecule has 0 aliphatic carbocycles. The second kappa shape index (κ2) is 3.06. The molecule has 0 aromatic heterocycles. The topological polar surface area (TPSA) is 55.2 Å². The Labute approximate surface area is 74.6 Å². The van der Waals surface area contributed by atoms with Crippen LogP contribution in [0.5, 0.6) is 0 Å². The van der Waals surface area contributed by atoms with Gasteiger partial charge in [0.05, 0.1) is 4.92 Å². The molecule has 0 aromatic rings. The van der Waals surface area contributed by atoms with Gasteiger partial charge in [-0.15, -0.1) is 0 Å². The summed E-state index contributed by atoms with van der Waals surface area (Å²) in [6, 6.07) is 0. The van der Waals surface area contributed by atoms with E-state index in [0.29, 0.717) is 16.2 Å². The zero-order chi connectivity index (χ0) is 8.55. The molecule has 1 N–H and O–H groups in total. The number of hydrogen-bond donors (Lipinski definition) is 1. The monoisotopic (exact) mass is 186 g/mol. The smallest absolute Gasteiger partial charge is 0.299 e. The van der Waals surface area contributed by atoms with Crippen LogP contribution in [0.3, 0.4) is 0 Å². The first-order chi connectivity index (χ1) is 5.77. The fraction of sp³-hybridized carbons (Fsp3) is 0.714. The van der Waals surface area contributed by atoms with Crippen molar-refractivity contribution in [2.24, 2.45) is 5.92 Å². The van der Waals surface area contributed by atoms with E-state index in [9.17, 15) is 10.1 Å². The molecule has 66 valence electrons. The van der Waals surface area contributed by atoms with Crippen molar-refractivity contribution in [3.63, 3.8) is 0 Å². The third-order valence-electron chi connectivity index (χ3n) is 2.27. The van der Waals surface area contributed by atoms with E-state index in [1.165, 1.54) is 11.8 Å². The van der Waals surface area contributed by atoms with E-state index in [-0.39, 0.29) is 4.92 Å². The Bertz CT molecular complexity index is 242. The summed E-state index contributed by atoms with van der Waals surface area (Å²) in [5.74, 6) is 0.379. The van der Waals surface area contributed by atoms with Crippen molar-refractivity contribution in [2.75, 3.05) is 13.1 Å². The van der Waals surface area contributed by atoms with Gasteiger partial charge in [-0.05, 0) is 24.7 Å². The zero-order valence-corrected chi connectivity index (χ0v) is 7.34. The first-order valence-corrected chi connectivity index (χ1v) is 4.89. The molecule has 0 bridgehead atoms. The highest BCUT2D eigenvalue weighted by Gasteiger charge is 2.35. The van der Waals surface area contributed by atoms with Gasteiger partial charge in [0.15, 0.2) is 0 Å².